The van der Waals surface area contributed by atoms with Crippen molar-refractivity contribution in [3.8, 4) is 0 Å². The Morgan fingerprint density at radius 2 is 0.731 bits per heavy atom. The molecule has 0 saturated carbocycles. The minimum atomic E-state index is -4.39. The Hall–Kier alpha value is -2.55. The maximum Gasteiger partial charge on any atom is 0.472 e. The zero-order valence-electron chi connectivity index (χ0n) is 51.6. The topological polar surface area (TPSA) is 108 Å². The van der Waals surface area contributed by atoms with Crippen molar-refractivity contribution in [3.63, 3.8) is 0 Å². The lowest BCUT2D eigenvalue weighted by Gasteiger charge is -2.24. The van der Waals surface area contributed by atoms with Crippen LogP contribution in [0.1, 0.15) is 296 Å². The minimum Gasteiger partial charge on any atom is -0.462 e. The molecule has 0 radical (unpaired) electrons. The Kier molecular flexibility index (Phi) is 57.2. The van der Waals surface area contributed by atoms with Crippen molar-refractivity contribution in [2.75, 3.05) is 47.5 Å². The summed E-state index contributed by atoms with van der Waals surface area (Å²) in [6.07, 6.45) is 78.4. The number of carbonyl (C=O) groups excluding carboxylic acids is 2. The highest BCUT2D eigenvalue weighted by Gasteiger charge is 2.27. The Labute approximate surface area is 482 Å². The number of hydrogen-bond acceptors (Lipinski definition) is 7. The van der Waals surface area contributed by atoms with Gasteiger partial charge in [0.15, 0.2) is 6.10 Å². The third-order valence-electron chi connectivity index (χ3n) is 14.2. The van der Waals surface area contributed by atoms with Crippen molar-refractivity contribution in [1.82, 2.24) is 0 Å². The van der Waals surface area contributed by atoms with Gasteiger partial charge in [-0.15, -0.1) is 0 Å². The lowest BCUT2D eigenvalue weighted by atomic mass is 10.0. The van der Waals surface area contributed by atoms with Crippen LogP contribution in [0.5, 0.6) is 0 Å². The van der Waals surface area contributed by atoms with E-state index in [9.17, 15) is 19.0 Å². The van der Waals surface area contributed by atoms with Crippen molar-refractivity contribution in [2.45, 2.75) is 302 Å². The largest absolute Gasteiger partial charge is 0.472 e. The van der Waals surface area contributed by atoms with Crippen molar-refractivity contribution in [2.24, 2.45) is 0 Å². The van der Waals surface area contributed by atoms with Gasteiger partial charge in [-0.1, -0.05) is 273 Å². The Bertz CT molecular complexity index is 1550. The maximum absolute atomic E-state index is 12.9. The summed E-state index contributed by atoms with van der Waals surface area (Å²) in [6.45, 7) is 4.36. The van der Waals surface area contributed by atoms with Gasteiger partial charge in [0, 0.05) is 12.8 Å². The lowest BCUT2D eigenvalue weighted by Crippen LogP contribution is -2.37. The molecule has 0 aromatic heterocycles. The van der Waals surface area contributed by atoms with Gasteiger partial charge in [-0.2, -0.15) is 0 Å². The molecule has 0 aliphatic heterocycles. The average molecular weight is 1120 g/mol. The number of unbranched alkanes of at least 4 members (excludes halogenated alkanes) is 34. The molecule has 0 spiro atoms. The molecule has 2 unspecified atom stereocenters. The number of phosphoric acid groups is 1. The van der Waals surface area contributed by atoms with Gasteiger partial charge in [0.2, 0.25) is 0 Å². The Morgan fingerprint density at radius 3 is 1.10 bits per heavy atom. The van der Waals surface area contributed by atoms with E-state index in [0.717, 1.165) is 70.6 Å². The minimum absolute atomic E-state index is 0.0304. The molecule has 1 N–H and O–H groups in total. The number of phosphoric ester groups is 1. The number of allylic oxidation sites excluding steroid dienone is 12. The molecular formula is C68H125NO8P+. The zero-order chi connectivity index (χ0) is 57.0. The fourth-order valence-corrected chi connectivity index (χ4v) is 9.96. The summed E-state index contributed by atoms with van der Waals surface area (Å²) >= 11 is 0. The maximum atomic E-state index is 12.9. The van der Waals surface area contributed by atoms with E-state index in [2.05, 4.69) is 86.8 Å². The van der Waals surface area contributed by atoms with Gasteiger partial charge >= 0.3 is 19.8 Å². The molecule has 2 atom stereocenters. The number of rotatable bonds is 60. The van der Waals surface area contributed by atoms with Crippen LogP contribution in [0.25, 0.3) is 0 Å². The highest BCUT2D eigenvalue weighted by atomic mass is 31.2. The van der Waals surface area contributed by atoms with Crippen molar-refractivity contribution < 1.29 is 42.1 Å². The molecule has 0 fully saturated rings. The van der Waals surface area contributed by atoms with Crippen molar-refractivity contribution in [3.05, 3.63) is 72.9 Å². The van der Waals surface area contributed by atoms with Crippen LogP contribution in [0.3, 0.4) is 0 Å². The first-order valence-electron chi connectivity index (χ1n) is 32.7. The number of hydrogen-bond donors (Lipinski definition) is 1. The third kappa shape index (κ3) is 62.6. The van der Waals surface area contributed by atoms with E-state index in [1.165, 1.54) is 193 Å². The number of likely N-dealkylation sites (N-methyl/N-ethyl adjacent to an activating group) is 1. The van der Waals surface area contributed by atoms with E-state index in [-0.39, 0.29) is 32.0 Å². The standard InChI is InChI=1S/C68H124NO8P/c1-6-8-10-12-14-16-18-20-22-24-26-28-30-32-33-34-35-37-39-41-43-45-47-49-51-53-55-57-59-61-68(71)77-66(65-76-78(72,73)75-63-62-69(3,4)5)64-74-67(70)60-58-56-54-52-50-48-46-44-42-40-38-36-31-29-27-25-23-21-19-17-15-13-11-9-7-2/h8,10,14,16,20,22,25-28,32-33,66H,6-7,9,11-13,15,17-19,21,23-24,29-31,34-65H2,1-5H3/p+1/b10-8-,16-14-,22-20-,27-25-,28-26-,33-32-. The van der Waals surface area contributed by atoms with E-state index < -0.39 is 26.5 Å². The first-order valence-corrected chi connectivity index (χ1v) is 34.2. The van der Waals surface area contributed by atoms with Gasteiger partial charge in [-0.25, -0.2) is 4.57 Å². The molecule has 0 aromatic rings. The molecule has 0 bridgehead atoms. The molecule has 0 heterocycles. The summed E-state index contributed by atoms with van der Waals surface area (Å²) in [5.74, 6) is -0.789. The number of ether oxygens (including phenoxy) is 2. The fraction of sp³-hybridized carbons (Fsp3) is 0.794. The van der Waals surface area contributed by atoms with E-state index >= 15 is 0 Å². The first kappa shape index (κ1) is 75.5. The number of nitrogens with zero attached hydrogens (tertiary/aromatic N) is 1. The lowest BCUT2D eigenvalue weighted by molar-refractivity contribution is -0.870. The summed E-state index contributed by atoms with van der Waals surface area (Å²) in [4.78, 5) is 35.8. The van der Waals surface area contributed by atoms with Gasteiger partial charge in [0.1, 0.15) is 19.8 Å². The highest BCUT2D eigenvalue weighted by Crippen LogP contribution is 2.43. The van der Waals surface area contributed by atoms with Crippen LogP contribution in [0.4, 0.5) is 0 Å². The summed E-state index contributed by atoms with van der Waals surface area (Å²) in [5.41, 5.74) is 0. The zero-order valence-corrected chi connectivity index (χ0v) is 52.5. The van der Waals surface area contributed by atoms with Crippen LogP contribution < -0.4 is 0 Å². The van der Waals surface area contributed by atoms with Gasteiger partial charge < -0.3 is 18.9 Å². The van der Waals surface area contributed by atoms with E-state index in [1.807, 2.05) is 21.1 Å². The average Bonchev–Trinajstić information content (AvgIpc) is 3.41. The van der Waals surface area contributed by atoms with Gasteiger partial charge in [0.25, 0.3) is 0 Å². The number of carbonyl (C=O) groups is 2. The Morgan fingerprint density at radius 1 is 0.410 bits per heavy atom. The number of esters is 2. The normalized spacial score (nSPS) is 13.7. The predicted molar refractivity (Wildman–Crippen MR) is 335 cm³/mol. The summed E-state index contributed by atoms with van der Waals surface area (Å²) < 4.78 is 34.7. The summed E-state index contributed by atoms with van der Waals surface area (Å²) in [7, 11) is 1.48. The first-order chi connectivity index (χ1) is 38.0. The monoisotopic (exact) mass is 1110 g/mol. The smallest absolute Gasteiger partial charge is 0.462 e. The van der Waals surface area contributed by atoms with Gasteiger partial charge in [-0.05, 0) is 83.5 Å². The molecule has 0 rings (SSSR count). The second-order valence-electron chi connectivity index (χ2n) is 23.1. The van der Waals surface area contributed by atoms with Gasteiger partial charge in [-0.3, -0.25) is 18.6 Å². The van der Waals surface area contributed by atoms with Gasteiger partial charge in [0.05, 0.1) is 27.7 Å². The number of quaternary nitrogens is 1. The third-order valence-corrected chi connectivity index (χ3v) is 15.2. The van der Waals surface area contributed by atoms with E-state index in [4.69, 9.17) is 18.5 Å². The summed E-state index contributed by atoms with van der Waals surface area (Å²) in [6, 6.07) is 0. The summed E-state index contributed by atoms with van der Waals surface area (Å²) in [5, 5.41) is 0. The van der Waals surface area contributed by atoms with E-state index in [1.54, 1.807) is 0 Å². The second-order valence-corrected chi connectivity index (χ2v) is 24.6. The molecule has 454 valence electrons. The molecule has 0 saturated heterocycles. The van der Waals surface area contributed by atoms with Crippen molar-refractivity contribution >= 4 is 19.8 Å². The molecule has 0 aromatic carbocycles. The van der Waals surface area contributed by atoms with Crippen LogP contribution in [-0.4, -0.2) is 74.9 Å². The Balaban J connectivity index is 4.09. The SMILES string of the molecule is CC/C=C\C/C=C\C/C=C\C/C=C\C/C=C\CCCCCCCCCCCCCCCC(=O)OC(COC(=O)CCCCCCCCCCCCCCC/C=C\CCCCCCCCCC)COP(=O)(O)OCC[N+](C)(C)C. The highest BCUT2D eigenvalue weighted by molar-refractivity contribution is 7.47. The van der Waals surface area contributed by atoms with Crippen LogP contribution >= 0.6 is 7.82 Å². The molecule has 0 aliphatic carbocycles. The fourth-order valence-electron chi connectivity index (χ4n) is 9.22. The molecular weight excluding hydrogens is 990 g/mol. The van der Waals surface area contributed by atoms with Crippen molar-refractivity contribution in [1.29, 1.82) is 0 Å². The molecule has 0 aliphatic rings. The molecule has 78 heavy (non-hydrogen) atoms. The van der Waals surface area contributed by atoms with E-state index in [0.29, 0.717) is 17.4 Å². The quantitative estimate of drug-likeness (QED) is 0.0211. The van der Waals surface area contributed by atoms with Crippen LogP contribution in [0.2, 0.25) is 0 Å². The van der Waals surface area contributed by atoms with Crippen LogP contribution in [0, 0.1) is 0 Å². The molecule has 0 amide bonds. The predicted octanol–water partition coefficient (Wildman–Crippen LogP) is 20.8. The molecule has 10 heteroatoms. The molecule has 9 nitrogen and oxygen atoms in total. The second kappa shape index (κ2) is 59.1. The van der Waals surface area contributed by atoms with Crippen LogP contribution in [0.15, 0.2) is 72.9 Å². The van der Waals surface area contributed by atoms with Crippen LogP contribution in [-0.2, 0) is 32.7 Å².